The Hall–Kier alpha value is -3.48. The molecule has 7 nitrogen and oxygen atoms in total. The Morgan fingerprint density at radius 1 is 1.07 bits per heavy atom. The minimum absolute atomic E-state index is 0.108. The summed E-state index contributed by atoms with van der Waals surface area (Å²) in [6.07, 6.45) is 5.30. The molecule has 0 saturated carbocycles. The lowest BCUT2D eigenvalue weighted by atomic mass is 10.1. The van der Waals surface area contributed by atoms with Crippen molar-refractivity contribution in [2.24, 2.45) is 0 Å². The van der Waals surface area contributed by atoms with Gasteiger partial charge < -0.3 is 24.1 Å². The van der Waals surface area contributed by atoms with Crippen LogP contribution >= 0.6 is 0 Å². The van der Waals surface area contributed by atoms with Crippen molar-refractivity contribution in [3.05, 3.63) is 66.7 Å². The highest BCUT2D eigenvalue weighted by molar-refractivity contribution is 5.77. The van der Waals surface area contributed by atoms with E-state index in [1.54, 1.807) is 44.9 Å². The summed E-state index contributed by atoms with van der Waals surface area (Å²) in [5.74, 6) is 1.47. The van der Waals surface area contributed by atoms with Crippen LogP contribution in [0.25, 0.3) is 5.69 Å². The number of nitrogens with one attached hydrogen (secondary N) is 1. The third-order valence-electron chi connectivity index (χ3n) is 3.95. The van der Waals surface area contributed by atoms with Crippen LogP contribution in [0.15, 0.2) is 61.2 Å². The van der Waals surface area contributed by atoms with Crippen molar-refractivity contribution in [3.8, 4) is 22.9 Å². The van der Waals surface area contributed by atoms with Gasteiger partial charge in [-0.2, -0.15) is 0 Å². The van der Waals surface area contributed by atoms with Crippen molar-refractivity contribution in [1.29, 1.82) is 0 Å². The molecule has 140 valence electrons. The monoisotopic (exact) mass is 367 g/mol. The number of hydrogen-bond donors (Lipinski definition) is 1. The van der Waals surface area contributed by atoms with Crippen LogP contribution in [-0.2, 0) is 11.3 Å². The number of benzene rings is 2. The summed E-state index contributed by atoms with van der Waals surface area (Å²) in [5, 5.41) is 2.87. The van der Waals surface area contributed by atoms with Crippen LogP contribution in [0.3, 0.4) is 0 Å². The van der Waals surface area contributed by atoms with Gasteiger partial charge in [0.2, 0.25) is 0 Å². The van der Waals surface area contributed by atoms with E-state index in [1.807, 2.05) is 35.0 Å². The average Bonchev–Trinajstić information content (AvgIpc) is 3.25. The lowest BCUT2D eigenvalue weighted by Crippen LogP contribution is -2.28. The Bertz CT molecular complexity index is 872. The van der Waals surface area contributed by atoms with Gasteiger partial charge in [-0.25, -0.2) is 4.98 Å². The number of para-hydroxylation sites is 1. The maximum absolute atomic E-state index is 12.2. The van der Waals surface area contributed by atoms with Gasteiger partial charge in [-0.3, -0.25) is 4.79 Å². The summed E-state index contributed by atoms with van der Waals surface area (Å²) >= 11 is 0. The van der Waals surface area contributed by atoms with E-state index in [2.05, 4.69) is 10.3 Å². The van der Waals surface area contributed by atoms with Gasteiger partial charge in [0.05, 0.1) is 26.2 Å². The first kappa shape index (κ1) is 18.3. The Morgan fingerprint density at radius 2 is 1.78 bits per heavy atom. The number of nitrogens with zero attached hydrogens (tertiary/aromatic N) is 2. The number of rotatable bonds is 8. The number of hydrogen-bond acceptors (Lipinski definition) is 5. The van der Waals surface area contributed by atoms with Gasteiger partial charge in [0, 0.05) is 37.1 Å². The van der Waals surface area contributed by atoms with Crippen LogP contribution in [0.1, 0.15) is 5.56 Å². The molecule has 1 amide bonds. The van der Waals surface area contributed by atoms with Gasteiger partial charge in [0.15, 0.2) is 6.61 Å². The maximum atomic E-state index is 12.2. The molecule has 0 fully saturated rings. The first-order valence-electron chi connectivity index (χ1n) is 8.38. The lowest BCUT2D eigenvalue weighted by Gasteiger charge is -2.12. The van der Waals surface area contributed by atoms with Crippen LogP contribution in [0, 0.1) is 0 Å². The fraction of sp³-hybridized carbons (Fsp3) is 0.200. The molecule has 0 unspecified atom stereocenters. The highest BCUT2D eigenvalue weighted by Gasteiger charge is 2.08. The molecule has 0 aliphatic heterocycles. The second-order valence-electron chi connectivity index (χ2n) is 5.71. The summed E-state index contributed by atoms with van der Waals surface area (Å²) < 4.78 is 17.8. The molecule has 0 radical (unpaired) electrons. The van der Waals surface area contributed by atoms with Crippen LogP contribution in [0.5, 0.6) is 17.2 Å². The molecule has 3 aromatic rings. The second-order valence-corrected chi connectivity index (χ2v) is 5.71. The first-order chi connectivity index (χ1) is 13.2. The number of imidazole rings is 1. The normalized spacial score (nSPS) is 10.3. The Morgan fingerprint density at radius 3 is 2.44 bits per heavy atom. The molecule has 3 rings (SSSR count). The largest absolute Gasteiger partial charge is 0.496 e. The third kappa shape index (κ3) is 4.78. The summed E-state index contributed by atoms with van der Waals surface area (Å²) in [6.45, 7) is 0.279. The van der Waals surface area contributed by atoms with E-state index in [0.717, 1.165) is 11.3 Å². The zero-order chi connectivity index (χ0) is 19.1. The van der Waals surface area contributed by atoms with E-state index in [0.29, 0.717) is 23.8 Å². The smallest absolute Gasteiger partial charge is 0.258 e. The SMILES string of the molecule is COc1cc(OC)cc(OCC(=O)NCc2ccccc2-n2ccnc2)c1. The molecule has 7 heteroatoms. The van der Waals surface area contributed by atoms with Crippen molar-refractivity contribution in [2.45, 2.75) is 6.54 Å². The predicted octanol–water partition coefficient (Wildman–Crippen LogP) is 2.58. The lowest BCUT2D eigenvalue weighted by molar-refractivity contribution is -0.123. The van der Waals surface area contributed by atoms with Crippen molar-refractivity contribution in [1.82, 2.24) is 14.9 Å². The van der Waals surface area contributed by atoms with Crippen molar-refractivity contribution in [2.75, 3.05) is 20.8 Å². The van der Waals surface area contributed by atoms with E-state index < -0.39 is 0 Å². The number of aromatic nitrogens is 2. The molecule has 0 atom stereocenters. The van der Waals surface area contributed by atoms with E-state index in [1.165, 1.54) is 0 Å². The van der Waals surface area contributed by atoms with Gasteiger partial charge in [-0.05, 0) is 11.6 Å². The summed E-state index contributed by atoms with van der Waals surface area (Å²) in [6, 6.07) is 12.9. The highest BCUT2D eigenvalue weighted by atomic mass is 16.5. The molecule has 0 saturated heterocycles. The zero-order valence-corrected chi connectivity index (χ0v) is 15.2. The summed E-state index contributed by atoms with van der Waals surface area (Å²) in [5.41, 5.74) is 1.95. The topological polar surface area (TPSA) is 74.6 Å². The third-order valence-corrected chi connectivity index (χ3v) is 3.95. The molecular formula is C20H21N3O4. The highest BCUT2D eigenvalue weighted by Crippen LogP contribution is 2.27. The van der Waals surface area contributed by atoms with E-state index in [9.17, 15) is 4.79 Å². The average molecular weight is 367 g/mol. The number of carbonyl (C=O) groups excluding carboxylic acids is 1. The van der Waals surface area contributed by atoms with Gasteiger partial charge in [0.25, 0.3) is 5.91 Å². The molecule has 0 spiro atoms. The van der Waals surface area contributed by atoms with Crippen LogP contribution in [0.2, 0.25) is 0 Å². The molecule has 0 bridgehead atoms. The molecule has 0 aliphatic carbocycles. The Kier molecular flexibility index (Phi) is 5.94. The molecule has 2 aromatic carbocycles. The molecule has 0 aliphatic rings. The van der Waals surface area contributed by atoms with Gasteiger partial charge in [0.1, 0.15) is 17.2 Å². The molecule has 1 N–H and O–H groups in total. The predicted molar refractivity (Wildman–Crippen MR) is 100 cm³/mol. The fourth-order valence-corrected chi connectivity index (χ4v) is 2.57. The van der Waals surface area contributed by atoms with Gasteiger partial charge in [-0.1, -0.05) is 18.2 Å². The fourth-order valence-electron chi connectivity index (χ4n) is 2.57. The minimum Gasteiger partial charge on any atom is -0.496 e. The van der Waals surface area contributed by atoms with Gasteiger partial charge >= 0.3 is 0 Å². The molecule has 1 aromatic heterocycles. The quantitative estimate of drug-likeness (QED) is 0.662. The number of methoxy groups -OCH3 is 2. The standard InChI is InChI=1S/C20H21N3O4/c1-25-16-9-17(26-2)11-18(10-16)27-13-20(24)22-12-15-5-3-4-6-19(15)23-8-7-21-14-23/h3-11,14H,12-13H2,1-2H3,(H,22,24). The van der Waals surface area contributed by atoms with Crippen LogP contribution in [-0.4, -0.2) is 36.3 Å². The molecule has 27 heavy (non-hydrogen) atoms. The number of amides is 1. The Balaban J connectivity index is 1.58. The minimum atomic E-state index is -0.225. The van der Waals surface area contributed by atoms with Crippen molar-refractivity contribution in [3.63, 3.8) is 0 Å². The number of ether oxygens (including phenoxy) is 3. The van der Waals surface area contributed by atoms with Crippen LogP contribution < -0.4 is 19.5 Å². The maximum Gasteiger partial charge on any atom is 0.258 e. The molecule has 1 heterocycles. The van der Waals surface area contributed by atoms with Crippen LogP contribution in [0.4, 0.5) is 0 Å². The van der Waals surface area contributed by atoms with Crippen molar-refractivity contribution >= 4 is 5.91 Å². The van der Waals surface area contributed by atoms with E-state index in [4.69, 9.17) is 14.2 Å². The number of carbonyl (C=O) groups is 1. The zero-order valence-electron chi connectivity index (χ0n) is 15.2. The van der Waals surface area contributed by atoms with E-state index >= 15 is 0 Å². The van der Waals surface area contributed by atoms with E-state index in [-0.39, 0.29) is 12.5 Å². The second kappa shape index (κ2) is 8.75. The summed E-state index contributed by atoms with van der Waals surface area (Å²) in [7, 11) is 3.12. The first-order valence-corrected chi connectivity index (χ1v) is 8.38. The molecular weight excluding hydrogens is 346 g/mol. The Labute approximate surface area is 157 Å². The summed E-state index contributed by atoms with van der Waals surface area (Å²) in [4.78, 5) is 16.2. The van der Waals surface area contributed by atoms with Crippen molar-refractivity contribution < 1.29 is 19.0 Å². The van der Waals surface area contributed by atoms with Gasteiger partial charge in [-0.15, -0.1) is 0 Å².